The number of H-pyrrole nitrogens is 1. The molecule has 4 rings (SSSR count). The Hall–Kier alpha value is -3.65. The molecular weight excluding hydrogens is 428 g/mol. The number of amidine groups is 1. The normalized spacial score (nSPS) is 12.8. The zero-order valence-corrected chi connectivity index (χ0v) is 18.3. The summed E-state index contributed by atoms with van der Waals surface area (Å²) in [6.45, 7) is 3.87. The van der Waals surface area contributed by atoms with Gasteiger partial charge in [0, 0.05) is 24.2 Å². The molecule has 2 aromatic carbocycles. The van der Waals surface area contributed by atoms with Gasteiger partial charge in [-0.15, -0.1) is 0 Å². The van der Waals surface area contributed by atoms with Crippen LogP contribution in [0.25, 0.3) is 0 Å². The monoisotopic (exact) mass is 450 g/mol. The average Bonchev–Trinajstić information content (AvgIpc) is 3.45. The Kier molecular flexibility index (Phi) is 6.51. The zero-order valence-electron chi connectivity index (χ0n) is 17.5. The highest BCUT2D eigenvalue weighted by Crippen LogP contribution is 2.19. The summed E-state index contributed by atoms with van der Waals surface area (Å²) < 4.78 is 0. The van der Waals surface area contributed by atoms with Crippen molar-refractivity contribution < 1.29 is 9.59 Å². The summed E-state index contributed by atoms with van der Waals surface area (Å²) in [5.41, 5.74) is 3.31. The van der Waals surface area contributed by atoms with E-state index in [0.29, 0.717) is 34.9 Å². The lowest BCUT2D eigenvalue weighted by Crippen LogP contribution is -2.26. The molecule has 32 heavy (non-hydrogen) atoms. The van der Waals surface area contributed by atoms with Gasteiger partial charge < -0.3 is 16.0 Å². The van der Waals surface area contributed by atoms with Crippen molar-refractivity contribution in [3.05, 3.63) is 81.5 Å². The third kappa shape index (κ3) is 4.81. The molecule has 1 aliphatic heterocycles. The van der Waals surface area contributed by atoms with Gasteiger partial charge in [-0.3, -0.25) is 19.7 Å². The van der Waals surface area contributed by atoms with E-state index in [1.807, 2.05) is 24.3 Å². The molecule has 164 valence electrons. The molecule has 0 aliphatic carbocycles. The number of rotatable bonds is 7. The fourth-order valence-corrected chi connectivity index (χ4v) is 3.61. The maximum atomic E-state index is 12.6. The van der Waals surface area contributed by atoms with Crippen molar-refractivity contribution in [3.8, 4) is 0 Å². The van der Waals surface area contributed by atoms with Gasteiger partial charge in [-0.25, -0.2) is 0 Å². The minimum Gasteiger partial charge on any atom is -0.368 e. The lowest BCUT2D eigenvalue weighted by Gasteiger charge is -2.07. The van der Waals surface area contributed by atoms with Gasteiger partial charge in [-0.1, -0.05) is 48.0 Å². The molecule has 0 bridgehead atoms. The Labute approximate surface area is 190 Å². The van der Waals surface area contributed by atoms with Crippen molar-refractivity contribution in [3.63, 3.8) is 0 Å². The summed E-state index contributed by atoms with van der Waals surface area (Å²) in [7, 11) is 0. The van der Waals surface area contributed by atoms with E-state index in [2.05, 4.69) is 31.1 Å². The van der Waals surface area contributed by atoms with Gasteiger partial charge in [0.15, 0.2) is 5.69 Å². The van der Waals surface area contributed by atoms with E-state index in [9.17, 15) is 9.59 Å². The number of halogens is 1. The number of carbonyl (C=O) groups is 2. The standard InChI is InChI=1S/C23H23ClN6O2/c1-14-19(29-30-20(14)28-22(31)17-4-2-3-5-18(17)24)23(32)27-11-10-15-6-8-16(9-7-15)21-25-12-13-26-21/h2-9H,10-13H2,1H3,(H,25,26)(H,27,32)(H2,28,29,30,31). The van der Waals surface area contributed by atoms with Crippen LogP contribution in [0.4, 0.5) is 5.82 Å². The van der Waals surface area contributed by atoms with E-state index in [1.54, 1.807) is 31.2 Å². The highest BCUT2D eigenvalue weighted by molar-refractivity contribution is 6.34. The number of nitrogens with zero attached hydrogens (tertiary/aromatic N) is 2. The SMILES string of the molecule is Cc1c(C(=O)NCCc2ccc(C3=NCCN3)cc2)n[nH]c1NC(=O)c1ccccc1Cl. The molecule has 0 unspecified atom stereocenters. The number of aromatic nitrogens is 2. The van der Waals surface area contributed by atoms with Crippen LogP contribution in [0.3, 0.4) is 0 Å². The van der Waals surface area contributed by atoms with E-state index >= 15 is 0 Å². The number of aliphatic imine (C=N–C) groups is 1. The molecule has 0 saturated carbocycles. The number of carbonyl (C=O) groups excluding carboxylic acids is 2. The largest absolute Gasteiger partial charge is 0.368 e. The highest BCUT2D eigenvalue weighted by atomic mass is 35.5. The van der Waals surface area contributed by atoms with Crippen LogP contribution in [-0.4, -0.2) is 47.5 Å². The Morgan fingerprint density at radius 1 is 1.09 bits per heavy atom. The second-order valence-corrected chi connectivity index (χ2v) is 7.77. The van der Waals surface area contributed by atoms with Crippen LogP contribution in [0.15, 0.2) is 53.5 Å². The lowest BCUT2D eigenvalue weighted by molar-refractivity contribution is 0.0947. The predicted octanol–water partition coefficient (Wildman–Crippen LogP) is 2.95. The molecule has 2 amide bonds. The topological polar surface area (TPSA) is 111 Å². The van der Waals surface area contributed by atoms with Gasteiger partial charge in [-0.05, 0) is 31.0 Å². The lowest BCUT2D eigenvalue weighted by atomic mass is 10.1. The average molecular weight is 451 g/mol. The molecule has 4 N–H and O–H groups in total. The maximum absolute atomic E-state index is 12.6. The number of nitrogens with one attached hydrogen (secondary N) is 4. The molecule has 0 saturated heterocycles. The molecule has 9 heteroatoms. The van der Waals surface area contributed by atoms with Gasteiger partial charge in [0.25, 0.3) is 11.8 Å². The van der Waals surface area contributed by atoms with Crippen molar-refractivity contribution in [1.29, 1.82) is 0 Å². The maximum Gasteiger partial charge on any atom is 0.272 e. The van der Waals surface area contributed by atoms with E-state index < -0.39 is 0 Å². The highest BCUT2D eigenvalue weighted by Gasteiger charge is 2.19. The van der Waals surface area contributed by atoms with Crippen molar-refractivity contribution in [2.45, 2.75) is 13.3 Å². The Balaban J connectivity index is 1.32. The summed E-state index contributed by atoms with van der Waals surface area (Å²) in [6.07, 6.45) is 0.686. The van der Waals surface area contributed by atoms with Gasteiger partial charge >= 0.3 is 0 Å². The van der Waals surface area contributed by atoms with Crippen LogP contribution in [0.1, 0.15) is 37.5 Å². The summed E-state index contributed by atoms with van der Waals surface area (Å²) in [4.78, 5) is 29.4. The second kappa shape index (κ2) is 9.65. The van der Waals surface area contributed by atoms with Crippen molar-refractivity contribution in [1.82, 2.24) is 20.8 Å². The second-order valence-electron chi connectivity index (χ2n) is 7.37. The molecule has 0 radical (unpaired) electrons. The third-order valence-corrected chi connectivity index (χ3v) is 5.51. The fourth-order valence-electron chi connectivity index (χ4n) is 3.39. The van der Waals surface area contributed by atoms with E-state index in [-0.39, 0.29) is 17.5 Å². The number of benzene rings is 2. The first-order chi connectivity index (χ1) is 15.5. The molecular formula is C23H23ClN6O2. The number of hydrogen-bond acceptors (Lipinski definition) is 5. The van der Waals surface area contributed by atoms with Crippen LogP contribution >= 0.6 is 11.6 Å². The van der Waals surface area contributed by atoms with Crippen LogP contribution < -0.4 is 16.0 Å². The molecule has 8 nitrogen and oxygen atoms in total. The number of anilines is 1. The number of amides is 2. The van der Waals surface area contributed by atoms with Crippen LogP contribution in [0.5, 0.6) is 0 Å². The minimum absolute atomic E-state index is 0.236. The fraction of sp³-hybridized carbons (Fsp3) is 0.217. The van der Waals surface area contributed by atoms with E-state index in [0.717, 1.165) is 30.1 Å². The number of hydrogen-bond donors (Lipinski definition) is 4. The molecule has 1 aromatic heterocycles. The van der Waals surface area contributed by atoms with Crippen molar-refractivity contribution in [2.75, 3.05) is 25.0 Å². The quantitative estimate of drug-likeness (QED) is 0.443. The first-order valence-corrected chi connectivity index (χ1v) is 10.7. The Morgan fingerprint density at radius 2 is 1.88 bits per heavy atom. The predicted molar refractivity (Wildman–Crippen MR) is 125 cm³/mol. The van der Waals surface area contributed by atoms with Crippen molar-refractivity contribution in [2.24, 2.45) is 4.99 Å². The Morgan fingerprint density at radius 3 is 2.59 bits per heavy atom. The first kappa shape index (κ1) is 21.6. The molecule has 2 heterocycles. The number of aromatic amines is 1. The third-order valence-electron chi connectivity index (χ3n) is 5.18. The molecule has 0 fully saturated rings. The summed E-state index contributed by atoms with van der Waals surface area (Å²) in [5, 5.41) is 16.0. The van der Waals surface area contributed by atoms with Crippen molar-refractivity contribution >= 4 is 35.1 Å². The molecule has 1 aliphatic rings. The molecule has 0 atom stereocenters. The van der Waals surface area contributed by atoms with Crippen LogP contribution in [0, 0.1) is 6.92 Å². The van der Waals surface area contributed by atoms with Gasteiger partial charge in [0.1, 0.15) is 11.7 Å². The van der Waals surface area contributed by atoms with E-state index in [4.69, 9.17) is 11.6 Å². The minimum atomic E-state index is -0.378. The summed E-state index contributed by atoms with van der Waals surface area (Å²) >= 11 is 6.07. The van der Waals surface area contributed by atoms with E-state index in [1.165, 1.54) is 0 Å². The van der Waals surface area contributed by atoms with Gasteiger partial charge in [-0.2, -0.15) is 5.10 Å². The molecule has 0 spiro atoms. The molecule has 3 aromatic rings. The van der Waals surface area contributed by atoms with Gasteiger partial charge in [0.2, 0.25) is 0 Å². The van der Waals surface area contributed by atoms with Gasteiger partial charge in [0.05, 0.1) is 17.1 Å². The van der Waals surface area contributed by atoms with Crippen LogP contribution in [0.2, 0.25) is 5.02 Å². The summed E-state index contributed by atoms with van der Waals surface area (Å²) in [6, 6.07) is 14.9. The van der Waals surface area contributed by atoms with Crippen LogP contribution in [-0.2, 0) is 6.42 Å². The smallest absolute Gasteiger partial charge is 0.272 e. The zero-order chi connectivity index (χ0) is 22.5. The first-order valence-electron chi connectivity index (χ1n) is 10.3. The Bertz CT molecular complexity index is 1170. The summed E-state index contributed by atoms with van der Waals surface area (Å²) in [5.74, 6) is 0.602.